The number of thiazole rings is 1. The standard InChI is InChI=1S/C11H15N3S/c1-8-9(2-3-11(12)4-5-11)14-6-7-15-10(14)13-8/h6-7H,2-5,12H2,1H3. The highest BCUT2D eigenvalue weighted by Gasteiger charge is 2.37. The van der Waals surface area contributed by atoms with Crippen molar-refractivity contribution in [3.8, 4) is 0 Å². The molecule has 1 saturated carbocycles. The summed E-state index contributed by atoms with van der Waals surface area (Å²) >= 11 is 1.69. The molecule has 2 heterocycles. The topological polar surface area (TPSA) is 43.3 Å². The lowest BCUT2D eigenvalue weighted by Crippen LogP contribution is -2.22. The maximum Gasteiger partial charge on any atom is 0.194 e. The summed E-state index contributed by atoms with van der Waals surface area (Å²) < 4.78 is 2.20. The molecule has 1 fully saturated rings. The first-order valence-electron chi connectivity index (χ1n) is 5.38. The number of nitrogens with two attached hydrogens (primary N) is 1. The van der Waals surface area contributed by atoms with Gasteiger partial charge in [0.1, 0.15) is 0 Å². The van der Waals surface area contributed by atoms with Crippen molar-refractivity contribution in [2.45, 2.75) is 38.1 Å². The lowest BCUT2D eigenvalue weighted by atomic mass is 10.1. The van der Waals surface area contributed by atoms with Crippen LogP contribution in [0, 0.1) is 6.92 Å². The Morgan fingerprint density at radius 1 is 1.60 bits per heavy atom. The Kier molecular flexibility index (Phi) is 1.91. The van der Waals surface area contributed by atoms with Gasteiger partial charge in [-0.25, -0.2) is 4.98 Å². The Morgan fingerprint density at radius 3 is 3.13 bits per heavy atom. The first-order valence-corrected chi connectivity index (χ1v) is 6.26. The van der Waals surface area contributed by atoms with E-state index < -0.39 is 0 Å². The maximum absolute atomic E-state index is 6.11. The van der Waals surface area contributed by atoms with Crippen molar-refractivity contribution in [1.82, 2.24) is 9.38 Å². The van der Waals surface area contributed by atoms with E-state index in [1.54, 1.807) is 11.3 Å². The molecule has 0 amide bonds. The van der Waals surface area contributed by atoms with Crippen molar-refractivity contribution in [1.29, 1.82) is 0 Å². The highest BCUT2D eigenvalue weighted by atomic mass is 32.1. The molecule has 4 heteroatoms. The van der Waals surface area contributed by atoms with Crippen LogP contribution in [0.4, 0.5) is 0 Å². The van der Waals surface area contributed by atoms with Crippen molar-refractivity contribution in [2.75, 3.05) is 0 Å². The zero-order valence-electron chi connectivity index (χ0n) is 8.86. The number of aryl methyl sites for hydroxylation is 2. The van der Waals surface area contributed by atoms with Crippen molar-refractivity contribution < 1.29 is 0 Å². The van der Waals surface area contributed by atoms with Crippen LogP contribution in [0.2, 0.25) is 0 Å². The Labute approximate surface area is 92.9 Å². The minimum absolute atomic E-state index is 0.145. The molecule has 2 aromatic rings. The van der Waals surface area contributed by atoms with Gasteiger partial charge in [-0.1, -0.05) is 0 Å². The van der Waals surface area contributed by atoms with E-state index in [0.29, 0.717) is 0 Å². The summed E-state index contributed by atoms with van der Waals surface area (Å²) in [5.74, 6) is 0. The van der Waals surface area contributed by atoms with Gasteiger partial charge < -0.3 is 5.73 Å². The fraction of sp³-hybridized carbons (Fsp3) is 0.545. The van der Waals surface area contributed by atoms with E-state index in [0.717, 1.165) is 23.5 Å². The van der Waals surface area contributed by atoms with E-state index in [1.165, 1.54) is 18.5 Å². The normalized spacial score (nSPS) is 18.5. The monoisotopic (exact) mass is 221 g/mol. The third-order valence-corrected chi connectivity index (χ3v) is 4.07. The van der Waals surface area contributed by atoms with Gasteiger partial charge in [0.05, 0.1) is 5.69 Å². The largest absolute Gasteiger partial charge is 0.325 e. The fourth-order valence-corrected chi connectivity index (χ4v) is 2.80. The smallest absolute Gasteiger partial charge is 0.194 e. The highest BCUT2D eigenvalue weighted by molar-refractivity contribution is 7.15. The van der Waals surface area contributed by atoms with E-state index in [2.05, 4.69) is 27.9 Å². The first kappa shape index (κ1) is 9.36. The zero-order chi connectivity index (χ0) is 10.5. The summed E-state index contributed by atoms with van der Waals surface area (Å²) in [4.78, 5) is 5.64. The summed E-state index contributed by atoms with van der Waals surface area (Å²) in [7, 11) is 0. The molecular weight excluding hydrogens is 206 g/mol. The third kappa shape index (κ3) is 1.58. The number of rotatable bonds is 3. The van der Waals surface area contributed by atoms with Crippen LogP contribution in [0.5, 0.6) is 0 Å². The van der Waals surface area contributed by atoms with Crippen LogP contribution >= 0.6 is 11.3 Å². The van der Waals surface area contributed by atoms with Gasteiger partial charge >= 0.3 is 0 Å². The predicted octanol–water partition coefficient (Wildman–Crippen LogP) is 2.13. The van der Waals surface area contributed by atoms with Gasteiger partial charge in [0.25, 0.3) is 0 Å². The quantitative estimate of drug-likeness (QED) is 0.862. The number of hydrogen-bond acceptors (Lipinski definition) is 3. The Hall–Kier alpha value is -0.870. The molecule has 0 spiro atoms. The van der Waals surface area contributed by atoms with E-state index in [1.807, 2.05) is 0 Å². The second-order valence-corrected chi connectivity index (χ2v) is 5.43. The van der Waals surface area contributed by atoms with Crippen molar-refractivity contribution in [3.63, 3.8) is 0 Å². The Bertz CT molecular complexity index is 493. The number of imidazole rings is 1. The first-order chi connectivity index (χ1) is 7.18. The molecule has 0 atom stereocenters. The lowest BCUT2D eigenvalue weighted by molar-refractivity contribution is 0.600. The number of nitrogens with zero attached hydrogens (tertiary/aromatic N) is 2. The van der Waals surface area contributed by atoms with Gasteiger partial charge in [-0.15, -0.1) is 11.3 Å². The highest BCUT2D eigenvalue weighted by Crippen LogP contribution is 2.36. The molecule has 0 saturated heterocycles. The molecule has 0 unspecified atom stereocenters. The molecule has 0 aliphatic heterocycles. The van der Waals surface area contributed by atoms with Gasteiger partial charge in [-0.3, -0.25) is 4.40 Å². The molecule has 15 heavy (non-hydrogen) atoms. The molecule has 2 aromatic heterocycles. The van der Waals surface area contributed by atoms with E-state index in [9.17, 15) is 0 Å². The fourth-order valence-electron chi connectivity index (χ4n) is 2.02. The Morgan fingerprint density at radius 2 is 2.40 bits per heavy atom. The molecular formula is C11H15N3S. The van der Waals surface area contributed by atoms with E-state index in [4.69, 9.17) is 5.73 Å². The zero-order valence-corrected chi connectivity index (χ0v) is 9.68. The molecule has 1 aliphatic carbocycles. The maximum atomic E-state index is 6.11. The number of hydrogen-bond donors (Lipinski definition) is 1. The van der Waals surface area contributed by atoms with E-state index in [-0.39, 0.29) is 5.54 Å². The summed E-state index contributed by atoms with van der Waals surface area (Å²) in [6.45, 7) is 2.09. The van der Waals surface area contributed by atoms with Crippen LogP contribution in [0.25, 0.3) is 4.96 Å². The summed E-state index contributed by atoms with van der Waals surface area (Å²) in [5.41, 5.74) is 8.75. The van der Waals surface area contributed by atoms with Crippen LogP contribution < -0.4 is 5.73 Å². The van der Waals surface area contributed by atoms with Crippen LogP contribution in [0.1, 0.15) is 30.7 Å². The number of fused-ring (bicyclic) bond motifs is 1. The molecule has 1 aliphatic rings. The molecule has 0 aromatic carbocycles. The summed E-state index contributed by atoms with van der Waals surface area (Å²) in [6.07, 6.45) is 6.64. The molecule has 3 rings (SSSR count). The summed E-state index contributed by atoms with van der Waals surface area (Å²) in [5, 5.41) is 2.08. The second-order valence-electron chi connectivity index (χ2n) is 4.56. The minimum Gasteiger partial charge on any atom is -0.325 e. The van der Waals surface area contributed by atoms with Crippen LogP contribution in [-0.4, -0.2) is 14.9 Å². The van der Waals surface area contributed by atoms with E-state index >= 15 is 0 Å². The average molecular weight is 221 g/mol. The lowest BCUT2D eigenvalue weighted by Gasteiger charge is -2.07. The number of aromatic nitrogens is 2. The third-order valence-electron chi connectivity index (χ3n) is 3.31. The minimum atomic E-state index is 0.145. The van der Waals surface area contributed by atoms with Gasteiger partial charge in [-0.05, 0) is 32.6 Å². The molecule has 3 nitrogen and oxygen atoms in total. The second kappa shape index (κ2) is 3.06. The average Bonchev–Trinajstić information content (AvgIpc) is 2.65. The molecule has 2 N–H and O–H groups in total. The van der Waals surface area contributed by atoms with Gasteiger partial charge in [0, 0.05) is 22.8 Å². The van der Waals surface area contributed by atoms with Crippen LogP contribution in [0.15, 0.2) is 11.6 Å². The molecule has 0 bridgehead atoms. The van der Waals surface area contributed by atoms with Gasteiger partial charge in [0.15, 0.2) is 4.96 Å². The van der Waals surface area contributed by atoms with Crippen molar-refractivity contribution >= 4 is 16.3 Å². The van der Waals surface area contributed by atoms with Crippen molar-refractivity contribution in [3.05, 3.63) is 23.0 Å². The molecule has 0 radical (unpaired) electrons. The van der Waals surface area contributed by atoms with Gasteiger partial charge in [0.2, 0.25) is 0 Å². The van der Waals surface area contributed by atoms with Crippen molar-refractivity contribution in [2.24, 2.45) is 5.73 Å². The van der Waals surface area contributed by atoms with Crippen LogP contribution in [0.3, 0.4) is 0 Å². The van der Waals surface area contributed by atoms with Crippen LogP contribution in [-0.2, 0) is 6.42 Å². The van der Waals surface area contributed by atoms with Gasteiger partial charge in [-0.2, -0.15) is 0 Å². The summed E-state index contributed by atoms with van der Waals surface area (Å²) in [6, 6.07) is 0. The Balaban J connectivity index is 1.88. The molecule has 80 valence electrons. The predicted molar refractivity (Wildman–Crippen MR) is 62.3 cm³/mol. The SMILES string of the molecule is Cc1nc2sccn2c1CCC1(N)CC1.